The van der Waals surface area contributed by atoms with Crippen molar-refractivity contribution >= 4 is 23.5 Å². The zero-order valence-electron chi connectivity index (χ0n) is 15.2. The first-order valence-electron chi connectivity index (χ1n) is 9.31. The van der Waals surface area contributed by atoms with Crippen molar-refractivity contribution in [3.8, 4) is 0 Å². The zero-order valence-corrected chi connectivity index (χ0v) is 15.2. The lowest BCUT2D eigenvalue weighted by molar-refractivity contribution is -0.144. The molecular formula is C20H24N2O4. The van der Waals surface area contributed by atoms with Crippen molar-refractivity contribution in [2.45, 2.75) is 45.2 Å². The van der Waals surface area contributed by atoms with Gasteiger partial charge in [-0.3, -0.25) is 19.3 Å². The summed E-state index contributed by atoms with van der Waals surface area (Å²) in [6, 6.07) is 7.19. The summed E-state index contributed by atoms with van der Waals surface area (Å²) in [5.74, 6) is 0.735. The average Bonchev–Trinajstić information content (AvgIpc) is 3.24. The highest BCUT2D eigenvalue weighted by atomic mass is 16.5. The van der Waals surface area contributed by atoms with E-state index >= 15 is 0 Å². The quantitative estimate of drug-likeness (QED) is 0.761. The van der Waals surface area contributed by atoms with Crippen LogP contribution >= 0.6 is 0 Å². The highest BCUT2D eigenvalue weighted by molar-refractivity contribution is 6.10. The first kappa shape index (κ1) is 17.1. The van der Waals surface area contributed by atoms with Crippen LogP contribution in [0.3, 0.4) is 0 Å². The van der Waals surface area contributed by atoms with Crippen LogP contribution in [0.15, 0.2) is 24.3 Å². The van der Waals surface area contributed by atoms with E-state index in [1.165, 1.54) is 0 Å². The lowest BCUT2D eigenvalue weighted by atomic mass is 9.98. The molecule has 26 heavy (non-hydrogen) atoms. The van der Waals surface area contributed by atoms with Gasteiger partial charge in [0.15, 0.2) is 0 Å². The van der Waals surface area contributed by atoms with E-state index in [9.17, 15) is 14.4 Å². The SMILES string of the molecule is CC1CC1COC(=O)CCN1C(=O)c2ccccc2N2C(=O)CCC12C. The highest BCUT2D eigenvalue weighted by Gasteiger charge is 2.52. The van der Waals surface area contributed by atoms with Gasteiger partial charge in [-0.15, -0.1) is 0 Å². The average molecular weight is 356 g/mol. The maximum atomic E-state index is 13.0. The second-order valence-corrected chi connectivity index (χ2v) is 7.83. The number of para-hydroxylation sites is 1. The van der Waals surface area contributed by atoms with Crippen molar-refractivity contribution in [2.24, 2.45) is 11.8 Å². The van der Waals surface area contributed by atoms with Crippen LogP contribution in [-0.2, 0) is 14.3 Å². The van der Waals surface area contributed by atoms with Crippen LogP contribution in [0.2, 0.25) is 0 Å². The molecule has 2 amide bonds. The van der Waals surface area contributed by atoms with Crippen molar-refractivity contribution in [3.63, 3.8) is 0 Å². The number of amides is 2. The van der Waals surface area contributed by atoms with Gasteiger partial charge in [0.1, 0.15) is 5.66 Å². The number of fused-ring (bicyclic) bond motifs is 3. The topological polar surface area (TPSA) is 66.9 Å². The van der Waals surface area contributed by atoms with E-state index in [2.05, 4.69) is 6.92 Å². The third-order valence-corrected chi connectivity index (χ3v) is 6.02. The summed E-state index contributed by atoms with van der Waals surface area (Å²) < 4.78 is 5.34. The molecule has 2 heterocycles. The number of benzene rings is 1. The van der Waals surface area contributed by atoms with Gasteiger partial charge >= 0.3 is 5.97 Å². The minimum atomic E-state index is -0.714. The number of hydrogen-bond acceptors (Lipinski definition) is 4. The van der Waals surface area contributed by atoms with Crippen molar-refractivity contribution in [1.29, 1.82) is 0 Å². The molecular weight excluding hydrogens is 332 g/mol. The maximum absolute atomic E-state index is 13.0. The fourth-order valence-corrected chi connectivity index (χ4v) is 4.15. The Morgan fingerprint density at radius 2 is 2.04 bits per heavy atom. The predicted molar refractivity (Wildman–Crippen MR) is 95.5 cm³/mol. The molecule has 1 aliphatic carbocycles. The van der Waals surface area contributed by atoms with E-state index in [-0.39, 0.29) is 30.7 Å². The summed E-state index contributed by atoms with van der Waals surface area (Å²) in [5.41, 5.74) is 0.470. The molecule has 138 valence electrons. The number of esters is 1. The molecule has 4 rings (SSSR count). The van der Waals surface area contributed by atoms with Gasteiger partial charge in [-0.2, -0.15) is 0 Å². The lowest BCUT2D eigenvalue weighted by Crippen LogP contribution is -2.62. The van der Waals surface area contributed by atoms with Crippen molar-refractivity contribution in [1.82, 2.24) is 4.90 Å². The first-order chi connectivity index (χ1) is 12.4. The zero-order chi connectivity index (χ0) is 18.5. The number of nitrogens with zero attached hydrogens (tertiary/aromatic N) is 2. The fourth-order valence-electron chi connectivity index (χ4n) is 4.15. The summed E-state index contributed by atoms with van der Waals surface area (Å²) in [5, 5.41) is 0. The molecule has 2 fully saturated rings. The highest BCUT2D eigenvalue weighted by Crippen LogP contribution is 2.44. The van der Waals surface area contributed by atoms with Gasteiger partial charge in [0.2, 0.25) is 5.91 Å². The van der Waals surface area contributed by atoms with Gasteiger partial charge in [-0.1, -0.05) is 19.1 Å². The van der Waals surface area contributed by atoms with Crippen molar-refractivity contribution in [3.05, 3.63) is 29.8 Å². The normalized spacial score (nSPS) is 29.5. The van der Waals surface area contributed by atoms with E-state index in [0.29, 0.717) is 42.5 Å². The molecule has 0 radical (unpaired) electrons. The smallest absolute Gasteiger partial charge is 0.307 e. The van der Waals surface area contributed by atoms with Gasteiger partial charge < -0.3 is 9.64 Å². The summed E-state index contributed by atoms with van der Waals surface area (Å²) in [6.07, 6.45) is 2.23. The number of carbonyl (C=O) groups is 3. The minimum absolute atomic E-state index is 0.0164. The van der Waals surface area contributed by atoms with Crippen molar-refractivity contribution < 1.29 is 19.1 Å². The molecule has 6 nitrogen and oxygen atoms in total. The Balaban J connectivity index is 1.51. The summed E-state index contributed by atoms with van der Waals surface area (Å²) >= 11 is 0. The number of rotatable bonds is 5. The lowest BCUT2D eigenvalue weighted by Gasteiger charge is -2.48. The molecule has 0 N–H and O–H groups in total. The summed E-state index contributed by atoms with van der Waals surface area (Å²) in [6.45, 7) is 4.78. The number of anilines is 1. The largest absolute Gasteiger partial charge is 0.465 e. The molecule has 6 heteroatoms. The standard InChI is InChI=1S/C20H24N2O4/c1-13-11-14(13)12-26-18(24)8-10-21-19(25)15-5-3-4-6-16(15)22-17(23)7-9-20(21,22)2/h3-6,13-14H,7-12H2,1-2H3. The van der Waals surface area contributed by atoms with Crippen molar-refractivity contribution in [2.75, 3.05) is 18.1 Å². The van der Waals surface area contributed by atoms with Crippen LogP contribution in [0.25, 0.3) is 0 Å². The molecule has 3 aliphatic rings. The Labute approximate surface area is 153 Å². The molecule has 1 saturated heterocycles. The van der Waals surface area contributed by atoms with E-state index < -0.39 is 5.66 Å². The van der Waals surface area contributed by atoms with Crippen LogP contribution in [0.1, 0.15) is 49.9 Å². The van der Waals surface area contributed by atoms with E-state index in [1.807, 2.05) is 19.1 Å². The molecule has 0 bridgehead atoms. The molecule has 1 aromatic rings. The van der Waals surface area contributed by atoms with E-state index in [1.54, 1.807) is 21.9 Å². The van der Waals surface area contributed by atoms with E-state index in [4.69, 9.17) is 4.74 Å². The van der Waals surface area contributed by atoms with E-state index in [0.717, 1.165) is 6.42 Å². The van der Waals surface area contributed by atoms with Crippen LogP contribution in [-0.4, -0.2) is 41.5 Å². The van der Waals surface area contributed by atoms with Crippen LogP contribution in [0.5, 0.6) is 0 Å². The Morgan fingerprint density at radius 1 is 1.31 bits per heavy atom. The van der Waals surface area contributed by atoms with Gasteiger partial charge in [-0.05, 0) is 43.7 Å². The molecule has 1 aromatic carbocycles. The summed E-state index contributed by atoms with van der Waals surface area (Å²) in [4.78, 5) is 41.0. The first-order valence-corrected chi connectivity index (χ1v) is 9.31. The van der Waals surface area contributed by atoms with Gasteiger partial charge in [0.25, 0.3) is 5.91 Å². The predicted octanol–water partition coefficient (Wildman–Crippen LogP) is 2.57. The van der Waals surface area contributed by atoms with Crippen LogP contribution in [0.4, 0.5) is 5.69 Å². The van der Waals surface area contributed by atoms with Crippen LogP contribution in [0, 0.1) is 11.8 Å². The minimum Gasteiger partial charge on any atom is -0.465 e. The maximum Gasteiger partial charge on any atom is 0.307 e. The monoisotopic (exact) mass is 356 g/mol. The second kappa shape index (κ2) is 6.11. The number of carbonyl (C=O) groups excluding carboxylic acids is 3. The molecule has 2 aliphatic heterocycles. The molecule has 3 unspecified atom stereocenters. The molecule has 3 atom stereocenters. The second-order valence-electron chi connectivity index (χ2n) is 7.83. The molecule has 0 aromatic heterocycles. The Kier molecular flexibility index (Phi) is 4.01. The van der Waals surface area contributed by atoms with Gasteiger partial charge in [0, 0.05) is 13.0 Å². The molecule has 1 saturated carbocycles. The Hall–Kier alpha value is -2.37. The number of hydrogen-bond donors (Lipinski definition) is 0. The van der Waals surface area contributed by atoms with Gasteiger partial charge in [0.05, 0.1) is 24.3 Å². The third-order valence-electron chi connectivity index (χ3n) is 6.02. The van der Waals surface area contributed by atoms with Crippen LogP contribution < -0.4 is 4.90 Å². The Morgan fingerprint density at radius 3 is 2.77 bits per heavy atom. The van der Waals surface area contributed by atoms with Gasteiger partial charge in [-0.25, -0.2) is 0 Å². The molecule has 0 spiro atoms. The number of ether oxygens (including phenoxy) is 1. The fraction of sp³-hybridized carbons (Fsp3) is 0.550. The summed E-state index contributed by atoms with van der Waals surface area (Å²) in [7, 11) is 0. The third kappa shape index (κ3) is 2.68. The Bertz CT molecular complexity index is 777.